The molecule has 62 heavy (non-hydrogen) atoms. The zero-order valence-electron chi connectivity index (χ0n) is 33.6. The molecule has 5 N–H and O–H groups in total. The second-order valence-corrected chi connectivity index (χ2v) is 18.4. The maximum Gasteiger partial charge on any atom is 0.490 e. The molecular weight excluding hydrogens is 894 g/mol. The lowest BCUT2D eigenvalue weighted by Gasteiger charge is -2.36. The van der Waals surface area contributed by atoms with E-state index in [0.29, 0.717) is 41.9 Å². The number of halogens is 9. The van der Waals surface area contributed by atoms with Crippen molar-refractivity contribution in [3.8, 4) is 5.75 Å². The Morgan fingerprint density at radius 3 is 2.06 bits per heavy atom. The third-order valence-electron chi connectivity index (χ3n) is 8.74. The van der Waals surface area contributed by atoms with Gasteiger partial charge in [-0.3, -0.25) is 9.59 Å². The van der Waals surface area contributed by atoms with E-state index in [1.807, 2.05) is 12.1 Å². The van der Waals surface area contributed by atoms with Gasteiger partial charge in [0.25, 0.3) is 0 Å². The Kier molecular flexibility index (Phi) is 19.4. The van der Waals surface area contributed by atoms with E-state index in [1.165, 1.54) is 11.3 Å². The molecule has 1 atom stereocenters. The molecule has 0 unspecified atom stereocenters. The molecule has 3 aromatic rings. The number of unbranched alkanes of at least 4 members (excludes halogenated alkanes) is 2. The van der Waals surface area contributed by atoms with Gasteiger partial charge < -0.3 is 40.6 Å². The van der Waals surface area contributed by atoms with E-state index >= 15 is 0 Å². The second kappa shape index (κ2) is 22.6. The Balaban J connectivity index is 0.000000811. The maximum atomic E-state index is 14.1. The van der Waals surface area contributed by atoms with E-state index in [-0.39, 0.29) is 48.7 Å². The summed E-state index contributed by atoms with van der Waals surface area (Å²) < 4.78 is 137. The first kappa shape index (κ1) is 53.4. The number of nitrogens with two attached hydrogens (primary N) is 1. The van der Waals surface area contributed by atoms with E-state index in [1.54, 1.807) is 6.07 Å². The van der Waals surface area contributed by atoms with Crippen LogP contribution in [0.3, 0.4) is 0 Å². The number of carboxylic acid groups (broad SMARTS) is 2. The highest BCUT2D eigenvalue weighted by Crippen LogP contribution is 2.39. The Morgan fingerprint density at radius 2 is 1.52 bits per heavy atom. The number of amides is 2. The van der Waals surface area contributed by atoms with Gasteiger partial charge in [-0.1, -0.05) is 0 Å². The number of ether oxygens (including phenoxy) is 1. The van der Waals surface area contributed by atoms with Crippen molar-refractivity contribution in [1.82, 2.24) is 15.6 Å². The number of aromatic nitrogens is 1. The Labute approximate surface area is 354 Å². The van der Waals surface area contributed by atoms with Crippen LogP contribution in [0, 0.1) is 17.5 Å². The summed E-state index contributed by atoms with van der Waals surface area (Å²) in [5, 5.41) is 22.4. The van der Waals surface area contributed by atoms with Crippen molar-refractivity contribution in [3.63, 3.8) is 0 Å². The molecule has 2 amide bonds. The van der Waals surface area contributed by atoms with Gasteiger partial charge in [0, 0.05) is 24.9 Å². The van der Waals surface area contributed by atoms with Crippen LogP contribution >= 0.6 is 11.3 Å². The smallest absolute Gasteiger partial charge is 0.490 e. The molecule has 2 heterocycles. The number of fused-ring (bicyclic) bond motifs is 1. The zero-order chi connectivity index (χ0) is 47.3. The highest BCUT2D eigenvalue weighted by Gasteiger charge is 2.43. The minimum atomic E-state index is -5.19. The van der Waals surface area contributed by atoms with Gasteiger partial charge >= 0.3 is 18.3 Å². The lowest BCUT2D eigenvalue weighted by molar-refractivity contribution is -0.869. The molecule has 0 bridgehead atoms. The molecule has 1 aliphatic rings. The number of rotatable bonds is 16. The molecule has 14 nitrogen and oxygen atoms in total. The van der Waals surface area contributed by atoms with Crippen molar-refractivity contribution >= 4 is 55.1 Å². The van der Waals surface area contributed by atoms with E-state index in [9.17, 15) is 57.5 Å². The third kappa shape index (κ3) is 18.7. The van der Waals surface area contributed by atoms with Gasteiger partial charge in [-0.05, 0) is 68.4 Å². The monoisotopic (exact) mass is 939 g/mol. The fraction of sp³-hybridized carbons (Fsp3) is 0.541. The second-order valence-electron chi connectivity index (χ2n) is 15.1. The molecule has 0 spiro atoms. The van der Waals surface area contributed by atoms with Crippen LogP contribution in [0.25, 0.3) is 10.2 Å². The predicted molar refractivity (Wildman–Crippen MR) is 205 cm³/mol. The fourth-order valence-electron chi connectivity index (χ4n) is 5.48. The lowest BCUT2D eigenvalue weighted by Crippen LogP contribution is -2.51. The third-order valence-corrected chi connectivity index (χ3v) is 11.6. The van der Waals surface area contributed by atoms with Crippen LogP contribution in [0.5, 0.6) is 5.75 Å². The Morgan fingerprint density at radius 1 is 0.935 bits per heavy atom. The van der Waals surface area contributed by atoms with E-state index in [4.69, 9.17) is 35.3 Å². The molecule has 0 aliphatic carbocycles. The molecule has 1 aromatic heterocycles. The van der Waals surface area contributed by atoms with Gasteiger partial charge in [0.2, 0.25) is 11.8 Å². The summed E-state index contributed by atoms with van der Waals surface area (Å²) in [6.07, 6.45) is -7.62. The quantitative estimate of drug-likeness (QED) is 0.0700. The van der Waals surface area contributed by atoms with Crippen LogP contribution in [0.2, 0.25) is 0 Å². The number of carboxylic acids is 2. The summed E-state index contributed by atoms with van der Waals surface area (Å²) in [5.74, 6) is -9.31. The molecule has 4 rings (SSSR count). The number of thiazole rings is 1. The number of nitrogens with one attached hydrogen (secondary N) is 2. The van der Waals surface area contributed by atoms with E-state index in [2.05, 4.69) is 31.8 Å². The maximum absolute atomic E-state index is 14.1. The molecule has 1 fully saturated rings. The van der Waals surface area contributed by atoms with Gasteiger partial charge in [0.15, 0.2) is 21.5 Å². The largest absolute Gasteiger partial charge is 0.542 e. The summed E-state index contributed by atoms with van der Waals surface area (Å²) in [6.45, 7) is 2.00. The number of carbonyl (C=O) groups is 4. The molecule has 0 radical (unpaired) electrons. The van der Waals surface area contributed by atoms with Crippen LogP contribution in [-0.4, -0.2) is 117 Å². The number of carbonyl (C=O) groups excluding carboxylic acids is 3. The van der Waals surface area contributed by atoms with Gasteiger partial charge in [-0.25, -0.2) is 31.4 Å². The first-order chi connectivity index (χ1) is 28.4. The molecule has 348 valence electrons. The lowest BCUT2D eigenvalue weighted by atomic mass is 9.92. The normalized spacial score (nSPS) is 15.2. The SMILES string of the molecule is C[N+](C)(C)CCNC(=O)CCCCCOc1ccc2nc(C3(NC(=O)C[C@H](N)Cc4cc(F)c(F)cc4F)CCS(=O)(=O)CC3)sc2c1.O=C(O)C(F)(F)F.O=C([O-])C(F)(F)F. The average molecular weight is 940 g/mol. The molecule has 0 saturated carbocycles. The number of sulfone groups is 1. The van der Waals surface area contributed by atoms with Crippen LogP contribution in [0.15, 0.2) is 30.3 Å². The Hall–Kier alpha value is -4.75. The van der Waals surface area contributed by atoms with Crippen molar-refractivity contribution in [2.45, 2.75) is 75.3 Å². The predicted octanol–water partition coefficient (Wildman–Crippen LogP) is 3.89. The first-order valence-electron chi connectivity index (χ1n) is 18.5. The van der Waals surface area contributed by atoms with Crippen molar-refractivity contribution in [2.75, 3.05) is 52.3 Å². The molecule has 1 saturated heterocycles. The van der Waals surface area contributed by atoms with Crippen LogP contribution in [0.4, 0.5) is 39.5 Å². The minimum absolute atomic E-state index is 0.0558. The number of alkyl halides is 6. The number of likely N-dealkylation sites (N-methyl/N-ethyl adjacent to an activating group) is 1. The van der Waals surface area contributed by atoms with Crippen molar-refractivity contribution in [1.29, 1.82) is 0 Å². The number of nitrogens with zero attached hydrogens (tertiary/aromatic N) is 2. The van der Waals surface area contributed by atoms with Crippen LogP contribution in [0.1, 0.15) is 55.5 Å². The summed E-state index contributed by atoms with van der Waals surface area (Å²) in [6, 6.07) is 5.74. The van der Waals surface area contributed by atoms with Gasteiger partial charge in [-0.15, -0.1) is 11.3 Å². The summed E-state index contributed by atoms with van der Waals surface area (Å²) in [4.78, 5) is 47.7. The Bertz CT molecular complexity index is 2090. The molecule has 25 heteroatoms. The van der Waals surface area contributed by atoms with Crippen LogP contribution < -0.4 is 26.2 Å². The molecule has 2 aromatic carbocycles. The molecule has 1 aliphatic heterocycles. The van der Waals surface area contributed by atoms with Gasteiger partial charge in [-0.2, -0.15) is 26.3 Å². The van der Waals surface area contributed by atoms with Crippen molar-refractivity contribution in [2.24, 2.45) is 5.73 Å². The fourth-order valence-corrected chi connectivity index (χ4v) is 8.20. The van der Waals surface area contributed by atoms with E-state index < -0.39 is 69.1 Å². The first-order valence-corrected chi connectivity index (χ1v) is 21.2. The average Bonchev–Trinajstić information content (AvgIpc) is 3.56. The highest BCUT2D eigenvalue weighted by atomic mass is 32.2. The summed E-state index contributed by atoms with van der Waals surface area (Å²) >= 11 is 1.34. The number of benzene rings is 2. The number of hydrogen-bond acceptors (Lipinski definition) is 11. The minimum Gasteiger partial charge on any atom is -0.542 e. The van der Waals surface area contributed by atoms with Crippen LogP contribution in [-0.2, 0) is 41.0 Å². The van der Waals surface area contributed by atoms with Crippen molar-refractivity contribution < 1.29 is 86.5 Å². The number of quaternary nitrogens is 1. The van der Waals surface area contributed by atoms with Gasteiger partial charge in [0.1, 0.15) is 22.5 Å². The number of aliphatic carboxylic acids is 2. The highest BCUT2D eigenvalue weighted by molar-refractivity contribution is 7.91. The number of hydrogen-bond donors (Lipinski definition) is 4. The van der Waals surface area contributed by atoms with Gasteiger partial charge in [0.05, 0.1) is 68.1 Å². The zero-order valence-corrected chi connectivity index (χ0v) is 35.2. The summed E-state index contributed by atoms with van der Waals surface area (Å²) in [5.41, 5.74) is 5.56. The standard InChI is InChI=1S/C33H44F3N5O5S2.2C2HF3O2/c1-41(2,3)13-12-38-30(42)7-5-4-6-14-46-24-8-9-28-29(20-24)47-32(39-28)33(10-15-48(44,45)16-11-33)40-31(43)19-23(37)17-22-18-26(35)27(36)21-25(22)34;2*3-2(4,5)1(6)7/h8-9,18,20-21,23H,4-7,10-17,19,37H2,1-3H3,(H-,38,40,42,43);2*(H,6,7)/t23-;;/m1../s1. The topological polar surface area (TPSA) is 218 Å². The van der Waals surface area contributed by atoms with Crippen molar-refractivity contribution in [3.05, 3.63) is 58.4 Å². The molecular formula is C37H46F9N5O9S2. The van der Waals surface area contributed by atoms with E-state index in [0.717, 1.165) is 41.1 Å². The summed E-state index contributed by atoms with van der Waals surface area (Å²) in [7, 11) is 2.95.